The molecule has 3 atom stereocenters. The Bertz CT molecular complexity index is 382. The number of ether oxygens (including phenoxy) is 1. The number of esters is 1. The summed E-state index contributed by atoms with van der Waals surface area (Å²) in [5, 5.41) is 0. The highest BCUT2D eigenvalue weighted by Gasteiger charge is 2.58. The zero-order chi connectivity index (χ0) is 12.7. The third kappa shape index (κ3) is 1.55. The van der Waals surface area contributed by atoms with E-state index in [4.69, 9.17) is 4.74 Å². The molecule has 0 spiro atoms. The quantitative estimate of drug-likeness (QED) is 0.462. The van der Waals surface area contributed by atoms with Crippen LogP contribution < -0.4 is 0 Å². The Morgan fingerprint density at radius 2 is 2.06 bits per heavy atom. The SMILES string of the molecule is CCN1C(=O)[C@@H]2[C@@H](CN(C)[C@H]2C(=O)OC)C1=O. The number of carbonyl (C=O) groups excluding carboxylic acids is 3. The maximum absolute atomic E-state index is 12.1. The first kappa shape index (κ1) is 12.0. The number of carbonyl (C=O) groups is 3. The number of nitrogens with zero attached hydrogens (tertiary/aromatic N) is 2. The van der Waals surface area contributed by atoms with E-state index in [9.17, 15) is 14.4 Å². The smallest absolute Gasteiger partial charge is 0.323 e. The molecular weight excluding hydrogens is 224 g/mol. The number of likely N-dealkylation sites (N-methyl/N-ethyl adjacent to an activating group) is 1. The molecule has 6 nitrogen and oxygen atoms in total. The lowest BCUT2D eigenvalue weighted by Gasteiger charge is -2.22. The Kier molecular flexibility index (Phi) is 2.91. The van der Waals surface area contributed by atoms with Crippen molar-refractivity contribution < 1.29 is 19.1 Å². The Morgan fingerprint density at radius 1 is 1.41 bits per heavy atom. The van der Waals surface area contributed by atoms with Crippen molar-refractivity contribution in [1.82, 2.24) is 9.80 Å². The molecule has 0 radical (unpaired) electrons. The van der Waals surface area contributed by atoms with Crippen LogP contribution in [0.4, 0.5) is 0 Å². The van der Waals surface area contributed by atoms with Crippen LogP contribution in [-0.4, -0.2) is 60.9 Å². The number of rotatable bonds is 2. The molecule has 2 saturated heterocycles. The summed E-state index contributed by atoms with van der Waals surface area (Å²) in [7, 11) is 3.03. The normalized spacial score (nSPS) is 33.1. The molecule has 2 aliphatic rings. The Morgan fingerprint density at radius 3 is 2.59 bits per heavy atom. The minimum Gasteiger partial charge on any atom is -0.468 e. The number of imide groups is 1. The third-order valence-electron chi connectivity index (χ3n) is 3.63. The molecule has 2 heterocycles. The maximum Gasteiger partial charge on any atom is 0.323 e. The number of amides is 2. The van der Waals surface area contributed by atoms with Gasteiger partial charge in [0.05, 0.1) is 18.9 Å². The summed E-state index contributed by atoms with van der Waals surface area (Å²) in [6.45, 7) is 2.56. The van der Waals surface area contributed by atoms with Crippen LogP contribution in [-0.2, 0) is 19.1 Å². The molecule has 2 aliphatic heterocycles. The van der Waals surface area contributed by atoms with E-state index in [1.807, 2.05) is 0 Å². The van der Waals surface area contributed by atoms with Crippen LogP contribution in [0.2, 0.25) is 0 Å². The summed E-state index contributed by atoms with van der Waals surface area (Å²) in [6, 6.07) is -0.627. The second-order valence-corrected chi connectivity index (χ2v) is 4.46. The van der Waals surface area contributed by atoms with Gasteiger partial charge in [0, 0.05) is 13.1 Å². The highest BCUT2D eigenvalue weighted by molar-refractivity contribution is 6.08. The van der Waals surface area contributed by atoms with Crippen LogP contribution in [0.15, 0.2) is 0 Å². The van der Waals surface area contributed by atoms with Gasteiger partial charge in [-0.3, -0.25) is 24.2 Å². The maximum atomic E-state index is 12.1. The predicted octanol–water partition coefficient (Wildman–Crippen LogP) is -0.905. The molecule has 94 valence electrons. The average Bonchev–Trinajstić information content (AvgIpc) is 2.75. The fourth-order valence-electron chi connectivity index (χ4n) is 2.82. The third-order valence-corrected chi connectivity index (χ3v) is 3.63. The number of methoxy groups -OCH3 is 1. The van der Waals surface area contributed by atoms with Gasteiger partial charge in [0.25, 0.3) is 0 Å². The fourth-order valence-corrected chi connectivity index (χ4v) is 2.82. The van der Waals surface area contributed by atoms with Gasteiger partial charge in [0.15, 0.2) is 0 Å². The minimum absolute atomic E-state index is 0.166. The average molecular weight is 240 g/mol. The largest absolute Gasteiger partial charge is 0.468 e. The predicted molar refractivity (Wildman–Crippen MR) is 57.8 cm³/mol. The summed E-state index contributed by atoms with van der Waals surface area (Å²) >= 11 is 0. The molecule has 2 fully saturated rings. The van der Waals surface area contributed by atoms with Crippen molar-refractivity contribution in [3.05, 3.63) is 0 Å². The highest BCUT2D eigenvalue weighted by Crippen LogP contribution is 2.37. The van der Waals surface area contributed by atoms with E-state index in [0.717, 1.165) is 0 Å². The van der Waals surface area contributed by atoms with Crippen LogP contribution in [0.3, 0.4) is 0 Å². The van der Waals surface area contributed by atoms with Crippen molar-refractivity contribution in [3.63, 3.8) is 0 Å². The van der Waals surface area contributed by atoms with E-state index in [2.05, 4.69) is 0 Å². The zero-order valence-electron chi connectivity index (χ0n) is 10.2. The molecular formula is C11H16N2O4. The molecule has 0 aromatic rings. The molecule has 6 heteroatoms. The van der Waals surface area contributed by atoms with Crippen molar-refractivity contribution in [1.29, 1.82) is 0 Å². The molecule has 2 amide bonds. The van der Waals surface area contributed by atoms with E-state index in [0.29, 0.717) is 13.1 Å². The van der Waals surface area contributed by atoms with Gasteiger partial charge in [0.2, 0.25) is 11.8 Å². The zero-order valence-corrected chi connectivity index (χ0v) is 10.2. The minimum atomic E-state index is -0.627. The Hall–Kier alpha value is -1.43. The lowest BCUT2D eigenvalue weighted by atomic mass is 9.93. The molecule has 0 saturated carbocycles. The van der Waals surface area contributed by atoms with Crippen molar-refractivity contribution in [3.8, 4) is 0 Å². The van der Waals surface area contributed by atoms with Crippen LogP contribution in [0.25, 0.3) is 0 Å². The molecule has 0 aromatic heterocycles. The van der Waals surface area contributed by atoms with Gasteiger partial charge >= 0.3 is 5.97 Å². The van der Waals surface area contributed by atoms with Crippen LogP contribution in [0.1, 0.15) is 6.92 Å². The second kappa shape index (κ2) is 4.10. The van der Waals surface area contributed by atoms with Gasteiger partial charge in [-0.05, 0) is 14.0 Å². The second-order valence-electron chi connectivity index (χ2n) is 4.46. The standard InChI is InChI=1S/C11H16N2O4/c1-4-13-9(14)6-5-12(2)8(11(16)17-3)7(6)10(13)15/h6-8H,4-5H2,1-3H3/t6-,7-,8-/m1/s1. The Balaban J connectivity index is 2.32. The molecule has 17 heavy (non-hydrogen) atoms. The number of fused-ring (bicyclic) bond motifs is 1. The summed E-state index contributed by atoms with van der Waals surface area (Å²) < 4.78 is 4.70. The van der Waals surface area contributed by atoms with E-state index in [-0.39, 0.29) is 11.8 Å². The topological polar surface area (TPSA) is 66.9 Å². The van der Waals surface area contributed by atoms with E-state index < -0.39 is 23.8 Å². The van der Waals surface area contributed by atoms with Crippen LogP contribution in [0, 0.1) is 11.8 Å². The van der Waals surface area contributed by atoms with Crippen molar-refractivity contribution >= 4 is 17.8 Å². The molecule has 2 rings (SSSR count). The van der Waals surface area contributed by atoms with Crippen LogP contribution >= 0.6 is 0 Å². The Labute approximate surface area is 99.5 Å². The van der Waals surface area contributed by atoms with Crippen molar-refractivity contribution in [2.24, 2.45) is 11.8 Å². The molecule has 0 unspecified atom stereocenters. The number of hydrogen-bond donors (Lipinski definition) is 0. The van der Waals surface area contributed by atoms with Gasteiger partial charge in [-0.15, -0.1) is 0 Å². The van der Waals surface area contributed by atoms with E-state index in [1.165, 1.54) is 12.0 Å². The van der Waals surface area contributed by atoms with E-state index >= 15 is 0 Å². The van der Waals surface area contributed by atoms with Gasteiger partial charge in [0.1, 0.15) is 6.04 Å². The fraction of sp³-hybridized carbons (Fsp3) is 0.727. The van der Waals surface area contributed by atoms with E-state index in [1.54, 1.807) is 18.9 Å². The molecule has 0 N–H and O–H groups in total. The lowest BCUT2D eigenvalue weighted by Crippen LogP contribution is -2.43. The van der Waals surface area contributed by atoms with Crippen molar-refractivity contribution in [2.75, 3.05) is 27.2 Å². The summed E-state index contributed by atoms with van der Waals surface area (Å²) in [5.41, 5.74) is 0. The van der Waals surface area contributed by atoms with Gasteiger partial charge in [-0.25, -0.2) is 0 Å². The first-order valence-electron chi connectivity index (χ1n) is 5.66. The first-order chi connectivity index (χ1) is 8.02. The lowest BCUT2D eigenvalue weighted by molar-refractivity contribution is -0.151. The van der Waals surface area contributed by atoms with Crippen molar-refractivity contribution in [2.45, 2.75) is 13.0 Å². The monoisotopic (exact) mass is 240 g/mol. The molecule has 0 bridgehead atoms. The summed E-state index contributed by atoms with van der Waals surface area (Å²) in [6.07, 6.45) is 0. The summed E-state index contributed by atoms with van der Waals surface area (Å²) in [5.74, 6) is -1.82. The highest BCUT2D eigenvalue weighted by atomic mass is 16.5. The van der Waals surface area contributed by atoms with Gasteiger partial charge < -0.3 is 4.74 Å². The number of likely N-dealkylation sites (tertiary alicyclic amines) is 2. The molecule has 0 aromatic carbocycles. The van der Waals surface area contributed by atoms with Gasteiger partial charge in [-0.1, -0.05) is 0 Å². The van der Waals surface area contributed by atoms with Gasteiger partial charge in [-0.2, -0.15) is 0 Å². The first-order valence-corrected chi connectivity index (χ1v) is 5.66. The molecule has 0 aliphatic carbocycles. The number of hydrogen-bond acceptors (Lipinski definition) is 5. The summed E-state index contributed by atoms with van der Waals surface area (Å²) in [4.78, 5) is 38.7. The van der Waals surface area contributed by atoms with Crippen LogP contribution in [0.5, 0.6) is 0 Å².